The average Bonchev–Trinajstić information content (AvgIpc) is 2.27. The van der Waals surface area contributed by atoms with Crippen molar-refractivity contribution >= 4 is 30.4 Å². The highest BCUT2D eigenvalue weighted by Crippen LogP contribution is 1.99. The first-order chi connectivity index (χ1) is 7.52. The Bertz CT molecular complexity index is 256. The van der Waals surface area contributed by atoms with E-state index in [0.29, 0.717) is 0 Å². The van der Waals surface area contributed by atoms with Gasteiger partial charge in [-0.25, -0.2) is 0 Å². The molecule has 0 fully saturated rings. The Balaban J connectivity index is -0.000000181. The molecule has 3 heteroatoms. The Morgan fingerprint density at radius 3 is 1.00 bits per heavy atom. The second-order valence-electron chi connectivity index (χ2n) is 2.56. The largest absolute Gasteiger partial charge is 0.350 e. The lowest BCUT2D eigenvalue weighted by molar-refractivity contribution is 1.40. The smallest absolute Gasteiger partial charge is 0.0398 e. The maximum Gasteiger partial charge on any atom is -0.0398 e. The lowest BCUT2D eigenvalue weighted by Crippen LogP contribution is -1.70. The summed E-state index contributed by atoms with van der Waals surface area (Å²) in [6, 6.07) is 8.48. The van der Waals surface area contributed by atoms with Crippen molar-refractivity contribution < 1.29 is 0 Å². The SMILES string of the molecule is CC.CC.C[S-](=S)=S.Cc1ccc(C)cc1. The summed E-state index contributed by atoms with van der Waals surface area (Å²) in [6.45, 7) is 12.2. The molecule has 0 spiro atoms. The minimum Gasteiger partial charge on any atom is -0.350 e. The molecule has 0 aliphatic carbocycles. The van der Waals surface area contributed by atoms with Crippen molar-refractivity contribution in [2.45, 2.75) is 41.5 Å². The van der Waals surface area contributed by atoms with E-state index in [0.717, 1.165) is 0 Å². The Morgan fingerprint density at radius 1 is 0.750 bits per heavy atom. The Kier molecular flexibility index (Phi) is 23.2. The van der Waals surface area contributed by atoms with Gasteiger partial charge in [-0.15, -0.1) is 6.26 Å². The monoisotopic (exact) mass is 277 g/mol. The Labute approximate surface area is 113 Å². The van der Waals surface area contributed by atoms with Gasteiger partial charge in [0.15, 0.2) is 0 Å². The molecule has 0 nitrogen and oxygen atoms in total. The molecule has 1 aromatic carbocycles. The van der Waals surface area contributed by atoms with Crippen molar-refractivity contribution in [3.8, 4) is 0 Å². The topological polar surface area (TPSA) is 0 Å². The van der Waals surface area contributed by atoms with Crippen molar-refractivity contribution in [3.63, 3.8) is 0 Å². The molecule has 0 N–H and O–H groups in total. The summed E-state index contributed by atoms with van der Waals surface area (Å²) in [5.74, 6) is 0. The van der Waals surface area contributed by atoms with E-state index in [1.807, 2.05) is 34.0 Å². The van der Waals surface area contributed by atoms with Crippen LogP contribution in [0.25, 0.3) is 0 Å². The lowest BCUT2D eigenvalue weighted by atomic mass is 10.2. The lowest BCUT2D eigenvalue weighted by Gasteiger charge is -1.90. The summed E-state index contributed by atoms with van der Waals surface area (Å²) >= 11 is 8.93. The molecule has 0 amide bonds. The predicted octanol–water partition coefficient (Wildman–Crippen LogP) is 4.51. The third-order valence-electron chi connectivity index (χ3n) is 1.22. The second kappa shape index (κ2) is 17.4. The van der Waals surface area contributed by atoms with Gasteiger partial charge in [-0.05, 0) is 13.8 Å². The molecule has 0 aliphatic rings. The van der Waals surface area contributed by atoms with Crippen LogP contribution in [0.5, 0.6) is 0 Å². The van der Waals surface area contributed by atoms with Crippen molar-refractivity contribution in [2.24, 2.45) is 0 Å². The molecule has 0 saturated carbocycles. The van der Waals surface area contributed by atoms with Crippen LogP contribution in [0.3, 0.4) is 0 Å². The Hall–Kier alpha value is 0.01000. The maximum atomic E-state index is 4.46. The molecule has 1 aromatic rings. The number of rotatable bonds is 0. The molecule has 0 aromatic heterocycles. The zero-order chi connectivity index (χ0) is 13.6. The highest BCUT2D eigenvalue weighted by Gasteiger charge is 1.79. The van der Waals surface area contributed by atoms with E-state index in [1.54, 1.807) is 0 Å². The van der Waals surface area contributed by atoms with Gasteiger partial charge in [0.25, 0.3) is 0 Å². The Morgan fingerprint density at radius 2 is 0.875 bits per heavy atom. The van der Waals surface area contributed by atoms with Gasteiger partial charge in [0.05, 0.1) is 0 Å². The summed E-state index contributed by atoms with van der Waals surface area (Å²) in [5, 5.41) is 0. The summed E-state index contributed by atoms with van der Waals surface area (Å²) in [5.41, 5.74) is 2.66. The minimum absolute atomic E-state index is 0.194. The molecular weight excluding hydrogens is 252 g/mol. The van der Waals surface area contributed by atoms with E-state index in [4.69, 9.17) is 0 Å². The molecule has 0 radical (unpaired) electrons. The highest BCUT2D eigenvalue weighted by molar-refractivity contribution is 8.46. The number of benzene rings is 1. The fourth-order valence-corrected chi connectivity index (χ4v) is 0.637. The minimum atomic E-state index is -0.194. The molecule has 0 unspecified atom stereocenters. The maximum absolute atomic E-state index is 4.46. The van der Waals surface area contributed by atoms with Gasteiger partial charge in [-0.3, -0.25) is 22.4 Å². The zero-order valence-electron chi connectivity index (χ0n) is 11.5. The summed E-state index contributed by atoms with van der Waals surface area (Å²) < 4.78 is 0. The van der Waals surface area contributed by atoms with E-state index < -0.39 is 0 Å². The van der Waals surface area contributed by atoms with Crippen LogP contribution in [0.4, 0.5) is 0 Å². The predicted molar refractivity (Wildman–Crippen MR) is 86.6 cm³/mol. The number of aryl methyl sites for hydroxylation is 2. The van der Waals surface area contributed by atoms with Crippen LogP contribution in [-0.2, 0) is 30.4 Å². The molecular formula is C13H25S3-. The summed E-state index contributed by atoms with van der Waals surface area (Å²) in [6.07, 6.45) is 1.82. The summed E-state index contributed by atoms with van der Waals surface area (Å²) in [4.78, 5) is 0. The first-order valence-corrected chi connectivity index (χ1v) is 9.05. The number of hydrogen-bond acceptors (Lipinski definition) is 3. The van der Waals surface area contributed by atoms with Gasteiger partial charge in [0.2, 0.25) is 0 Å². The number of hydrogen-bond donors (Lipinski definition) is 0. The molecule has 0 atom stereocenters. The molecule has 1 rings (SSSR count). The average molecular weight is 278 g/mol. The van der Waals surface area contributed by atoms with E-state index >= 15 is 0 Å². The highest BCUT2D eigenvalue weighted by atomic mass is 33.1. The molecule has 0 heterocycles. The fourth-order valence-electron chi connectivity index (χ4n) is 0.637. The van der Waals surface area contributed by atoms with Gasteiger partial charge in [0.1, 0.15) is 0 Å². The van der Waals surface area contributed by atoms with E-state index in [9.17, 15) is 0 Å². The third-order valence-corrected chi connectivity index (χ3v) is 1.22. The van der Waals surface area contributed by atoms with Gasteiger partial charge >= 0.3 is 0 Å². The zero-order valence-corrected chi connectivity index (χ0v) is 14.0. The molecule has 96 valence electrons. The first-order valence-electron chi connectivity index (χ1n) is 5.56. The van der Waals surface area contributed by atoms with Crippen molar-refractivity contribution in [1.29, 1.82) is 0 Å². The molecule has 16 heavy (non-hydrogen) atoms. The molecule has 0 saturated heterocycles. The molecule has 0 aliphatic heterocycles. The quantitative estimate of drug-likeness (QED) is 0.640. The van der Waals surface area contributed by atoms with Gasteiger partial charge in [0, 0.05) is 0 Å². The van der Waals surface area contributed by atoms with Gasteiger partial charge in [-0.1, -0.05) is 63.1 Å². The van der Waals surface area contributed by atoms with Gasteiger partial charge in [-0.2, -0.15) is 0 Å². The van der Waals surface area contributed by atoms with Crippen molar-refractivity contribution in [2.75, 3.05) is 6.26 Å². The van der Waals surface area contributed by atoms with Crippen LogP contribution < -0.4 is 0 Å². The van der Waals surface area contributed by atoms with Crippen molar-refractivity contribution in [1.82, 2.24) is 0 Å². The fraction of sp³-hybridized carbons (Fsp3) is 0.538. The van der Waals surface area contributed by atoms with E-state index in [-0.39, 0.29) is 8.01 Å². The van der Waals surface area contributed by atoms with Gasteiger partial charge < -0.3 is 8.01 Å². The van der Waals surface area contributed by atoms with E-state index in [2.05, 4.69) is 60.5 Å². The van der Waals surface area contributed by atoms with Crippen LogP contribution in [-0.4, -0.2) is 6.26 Å². The third kappa shape index (κ3) is 23.7. The van der Waals surface area contributed by atoms with Crippen LogP contribution in [0.1, 0.15) is 38.8 Å². The van der Waals surface area contributed by atoms with Crippen LogP contribution in [0.15, 0.2) is 24.3 Å². The van der Waals surface area contributed by atoms with E-state index in [1.165, 1.54) is 11.1 Å². The second-order valence-corrected chi connectivity index (χ2v) is 6.99. The van der Waals surface area contributed by atoms with Crippen LogP contribution in [0, 0.1) is 13.8 Å². The first kappa shape index (κ1) is 21.3. The summed E-state index contributed by atoms with van der Waals surface area (Å²) in [7, 11) is -0.194. The van der Waals surface area contributed by atoms with Crippen molar-refractivity contribution in [3.05, 3.63) is 35.4 Å². The normalized spacial score (nSPS) is 7.50. The van der Waals surface area contributed by atoms with Crippen LogP contribution in [0.2, 0.25) is 0 Å². The van der Waals surface area contributed by atoms with Crippen LogP contribution >= 0.6 is 0 Å². The standard InChI is InChI=1S/C8H10.2C2H6.CH3S3/c1-7-3-5-8(2)6-4-7;2*1-2;1-4(2)3/h3-6H,1-2H3;2*1-2H3;1H3/q;;;-1. The molecule has 0 bridgehead atoms.